The number of amides is 1. The highest BCUT2D eigenvalue weighted by Gasteiger charge is 2.19. The van der Waals surface area contributed by atoms with E-state index in [2.05, 4.69) is 10.6 Å². The third kappa shape index (κ3) is 3.96. The van der Waals surface area contributed by atoms with Gasteiger partial charge in [-0.3, -0.25) is 4.79 Å². The van der Waals surface area contributed by atoms with Crippen LogP contribution in [0, 0.1) is 0 Å². The van der Waals surface area contributed by atoms with Crippen LogP contribution in [0.15, 0.2) is 0 Å². The van der Waals surface area contributed by atoms with Crippen LogP contribution in [0.4, 0.5) is 0 Å². The molecule has 2 fully saturated rings. The van der Waals surface area contributed by atoms with Gasteiger partial charge in [0.15, 0.2) is 0 Å². The van der Waals surface area contributed by atoms with E-state index in [1.807, 2.05) is 0 Å². The molecule has 0 aromatic heterocycles. The lowest BCUT2D eigenvalue weighted by Gasteiger charge is -2.22. The van der Waals surface area contributed by atoms with E-state index in [9.17, 15) is 4.79 Å². The number of piperidine rings is 1. The van der Waals surface area contributed by atoms with Crippen molar-refractivity contribution in [3.05, 3.63) is 0 Å². The largest absolute Gasteiger partial charge is 0.379 e. The summed E-state index contributed by atoms with van der Waals surface area (Å²) in [5.74, 6) is 0.764. The van der Waals surface area contributed by atoms with E-state index in [-0.39, 0.29) is 11.9 Å². The number of nitrogens with one attached hydrogen (secondary N) is 2. The van der Waals surface area contributed by atoms with Crippen molar-refractivity contribution in [1.82, 2.24) is 10.6 Å². The predicted octanol–water partition coefficient (Wildman–Crippen LogP) is 0.377. The molecule has 0 radical (unpaired) electrons. The van der Waals surface area contributed by atoms with E-state index in [1.54, 1.807) is 11.8 Å². The molecular weight excluding hydrogens is 224 g/mol. The Bertz CT molecular complexity index is 226. The second kappa shape index (κ2) is 6.47. The highest BCUT2D eigenvalue weighted by atomic mass is 32.2. The molecule has 0 aromatic rings. The van der Waals surface area contributed by atoms with Crippen LogP contribution in [0.3, 0.4) is 0 Å². The van der Waals surface area contributed by atoms with Crippen LogP contribution >= 0.6 is 11.8 Å². The molecule has 4 nitrogen and oxygen atoms in total. The summed E-state index contributed by atoms with van der Waals surface area (Å²) < 4.78 is 5.22. The first-order valence-electron chi connectivity index (χ1n) is 6.04. The SMILES string of the molecule is O=C(CSC1CCNCC1)NC1CCOC1. The van der Waals surface area contributed by atoms with Gasteiger partial charge in [-0.05, 0) is 32.4 Å². The Hall–Kier alpha value is -0.260. The predicted molar refractivity (Wildman–Crippen MR) is 65.7 cm³/mol. The fourth-order valence-electron chi connectivity index (χ4n) is 2.07. The molecule has 2 aliphatic rings. The van der Waals surface area contributed by atoms with Gasteiger partial charge in [-0.1, -0.05) is 0 Å². The Kier molecular flexibility index (Phi) is 4.93. The van der Waals surface area contributed by atoms with Gasteiger partial charge in [-0.15, -0.1) is 11.8 Å². The molecule has 1 unspecified atom stereocenters. The summed E-state index contributed by atoms with van der Waals surface area (Å²) in [6, 6.07) is 0.251. The molecule has 0 aromatic carbocycles. The lowest BCUT2D eigenvalue weighted by Crippen LogP contribution is -2.37. The second-order valence-electron chi connectivity index (χ2n) is 4.39. The normalized spacial score (nSPS) is 26.9. The number of thioether (sulfide) groups is 1. The third-order valence-corrected chi connectivity index (χ3v) is 4.40. The van der Waals surface area contributed by atoms with E-state index in [0.717, 1.165) is 26.1 Å². The smallest absolute Gasteiger partial charge is 0.230 e. The van der Waals surface area contributed by atoms with Crippen molar-refractivity contribution < 1.29 is 9.53 Å². The molecule has 2 saturated heterocycles. The zero-order valence-corrected chi connectivity index (χ0v) is 10.4. The summed E-state index contributed by atoms with van der Waals surface area (Å²) in [5.41, 5.74) is 0. The Labute approximate surface area is 101 Å². The number of rotatable bonds is 4. The molecule has 0 saturated carbocycles. The van der Waals surface area contributed by atoms with Crippen molar-refractivity contribution >= 4 is 17.7 Å². The average molecular weight is 244 g/mol. The molecule has 0 spiro atoms. The van der Waals surface area contributed by atoms with E-state index in [0.29, 0.717) is 17.6 Å². The summed E-state index contributed by atoms with van der Waals surface area (Å²) in [6.07, 6.45) is 3.33. The molecule has 2 heterocycles. The molecule has 0 bridgehead atoms. The summed E-state index contributed by atoms with van der Waals surface area (Å²) in [6.45, 7) is 3.65. The number of ether oxygens (including phenoxy) is 1. The van der Waals surface area contributed by atoms with Crippen LogP contribution in [0.25, 0.3) is 0 Å². The average Bonchev–Trinajstić information content (AvgIpc) is 2.81. The number of carbonyl (C=O) groups is 1. The van der Waals surface area contributed by atoms with Crippen LogP contribution in [0.5, 0.6) is 0 Å². The monoisotopic (exact) mass is 244 g/mol. The maximum Gasteiger partial charge on any atom is 0.230 e. The molecule has 5 heteroatoms. The fourth-order valence-corrected chi connectivity index (χ4v) is 3.11. The molecule has 2 rings (SSSR count). The van der Waals surface area contributed by atoms with Crippen LogP contribution < -0.4 is 10.6 Å². The molecule has 2 aliphatic heterocycles. The lowest BCUT2D eigenvalue weighted by atomic mass is 10.2. The molecule has 2 N–H and O–H groups in total. The Morgan fingerprint density at radius 3 is 2.88 bits per heavy atom. The first kappa shape index (κ1) is 12.2. The fraction of sp³-hybridized carbons (Fsp3) is 0.909. The van der Waals surface area contributed by atoms with Crippen molar-refractivity contribution in [3.8, 4) is 0 Å². The summed E-state index contributed by atoms with van der Waals surface area (Å²) in [5, 5.41) is 7.01. The maximum absolute atomic E-state index is 11.6. The molecule has 1 atom stereocenters. The van der Waals surface area contributed by atoms with E-state index in [4.69, 9.17) is 4.74 Å². The highest BCUT2D eigenvalue weighted by molar-refractivity contribution is 8.00. The van der Waals surface area contributed by atoms with Crippen LogP contribution in [0.2, 0.25) is 0 Å². The zero-order valence-electron chi connectivity index (χ0n) is 9.54. The van der Waals surface area contributed by atoms with Gasteiger partial charge in [-0.25, -0.2) is 0 Å². The van der Waals surface area contributed by atoms with E-state index < -0.39 is 0 Å². The minimum absolute atomic E-state index is 0.166. The number of hydrogen-bond acceptors (Lipinski definition) is 4. The molecule has 16 heavy (non-hydrogen) atoms. The van der Waals surface area contributed by atoms with Crippen LogP contribution in [-0.2, 0) is 9.53 Å². The number of hydrogen-bond donors (Lipinski definition) is 2. The Balaban J connectivity index is 1.59. The van der Waals surface area contributed by atoms with E-state index in [1.165, 1.54) is 12.8 Å². The van der Waals surface area contributed by atoms with Gasteiger partial charge in [0.05, 0.1) is 18.4 Å². The van der Waals surface area contributed by atoms with Crippen molar-refractivity contribution in [2.45, 2.75) is 30.6 Å². The topological polar surface area (TPSA) is 50.4 Å². The Morgan fingerprint density at radius 1 is 1.38 bits per heavy atom. The van der Waals surface area contributed by atoms with Gasteiger partial charge >= 0.3 is 0 Å². The first-order chi connectivity index (χ1) is 7.84. The van der Waals surface area contributed by atoms with Gasteiger partial charge in [0.25, 0.3) is 0 Å². The van der Waals surface area contributed by atoms with Crippen LogP contribution in [-0.4, -0.2) is 49.3 Å². The molecule has 0 aliphatic carbocycles. The standard InChI is InChI=1S/C11H20N2O2S/c14-11(13-9-3-6-15-7-9)8-16-10-1-4-12-5-2-10/h9-10,12H,1-8H2,(H,13,14). The summed E-state index contributed by atoms with van der Waals surface area (Å²) >= 11 is 1.80. The van der Waals surface area contributed by atoms with Gasteiger partial charge in [0.2, 0.25) is 5.91 Å². The second-order valence-corrected chi connectivity index (χ2v) is 5.68. The minimum Gasteiger partial charge on any atom is -0.379 e. The first-order valence-corrected chi connectivity index (χ1v) is 7.09. The van der Waals surface area contributed by atoms with Gasteiger partial charge < -0.3 is 15.4 Å². The summed E-state index contributed by atoms with van der Waals surface area (Å²) in [7, 11) is 0. The van der Waals surface area contributed by atoms with Crippen molar-refractivity contribution in [3.63, 3.8) is 0 Å². The third-order valence-electron chi connectivity index (χ3n) is 3.03. The van der Waals surface area contributed by atoms with Gasteiger partial charge in [-0.2, -0.15) is 0 Å². The quantitative estimate of drug-likeness (QED) is 0.750. The van der Waals surface area contributed by atoms with E-state index >= 15 is 0 Å². The van der Waals surface area contributed by atoms with Crippen molar-refractivity contribution in [2.24, 2.45) is 0 Å². The van der Waals surface area contributed by atoms with Gasteiger partial charge in [0.1, 0.15) is 0 Å². The maximum atomic E-state index is 11.6. The molecule has 1 amide bonds. The highest BCUT2D eigenvalue weighted by Crippen LogP contribution is 2.19. The lowest BCUT2D eigenvalue weighted by molar-refractivity contribution is -0.119. The van der Waals surface area contributed by atoms with Gasteiger partial charge in [0, 0.05) is 11.9 Å². The Morgan fingerprint density at radius 2 is 2.19 bits per heavy atom. The summed E-state index contributed by atoms with van der Waals surface area (Å²) in [4.78, 5) is 11.6. The molecule has 92 valence electrons. The van der Waals surface area contributed by atoms with Crippen LogP contribution in [0.1, 0.15) is 19.3 Å². The zero-order chi connectivity index (χ0) is 11.2. The van der Waals surface area contributed by atoms with Crippen molar-refractivity contribution in [1.29, 1.82) is 0 Å². The van der Waals surface area contributed by atoms with Crippen molar-refractivity contribution in [2.75, 3.05) is 32.1 Å². The number of carbonyl (C=O) groups excluding carboxylic acids is 1. The minimum atomic E-state index is 0.166. The molecular formula is C11H20N2O2S.